The SMILES string of the molecule is COC1=Nc2ccccc2/C1=C/[NH+](C)C. The molecule has 0 bridgehead atoms. The second kappa shape index (κ2) is 3.87. The number of hydrogen-bond acceptors (Lipinski definition) is 2. The van der Waals surface area contributed by atoms with Crippen LogP contribution < -0.4 is 4.90 Å². The van der Waals surface area contributed by atoms with Crippen molar-refractivity contribution < 1.29 is 9.64 Å². The molecule has 1 aliphatic heterocycles. The summed E-state index contributed by atoms with van der Waals surface area (Å²) in [6.45, 7) is 0. The molecule has 0 atom stereocenters. The average Bonchev–Trinajstić information content (AvgIpc) is 2.56. The number of fused-ring (bicyclic) bond motifs is 1. The van der Waals surface area contributed by atoms with Gasteiger partial charge in [-0.3, -0.25) is 0 Å². The van der Waals surface area contributed by atoms with E-state index < -0.39 is 0 Å². The van der Waals surface area contributed by atoms with Crippen LogP contribution in [0.1, 0.15) is 5.56 Å². The summed E-state index contributed by atoms with van der Waals surface area (Å²) in [7, 11) is 5.80. The number of hydrogen-bond donors (Lipinski definition) is 1. The summed E-state index contributed by atoms with van der Waals surface area (Å²) < 4.78 is 5.28. The van der Waals surface area contributed by atoms with E-state index in [4.69, 9.17) is 4.74 Å². The number of benzene rings is 1. The van der Waals surface area contributed by atoms with E-state index in [0.29, 0.717) is 5.90 Å². The lowest BCUT2D eigenvalue weighted by molar-refractivity contribution is -0.800. The number of quaternary nitrogens is 1. The van der Waals surface area contributed by atoms with Crippen LogP contribution in [0.25, 0.3) is 5.57 Å². The van der Waals surface area contributed by atoms with Crippen LogP contribution >= 0.6 is 0 Å². The molecule has 0 fully saturated rings. The van der Waals surface area contributed by atoms with Crippen LogP contribution in [0.15, 0.2) is 35.5 Å². The second-order valence-corrected chi connectivity index (χ2v) is 3.77. The summed E-state index contributed by atoms with van der Waals surface area (Å²) in [4.78, 5) is 5.66. The maximum Gasteiger partial charge on any atom is 0.227 e. The van der Waals surface area contributed by atoms with Gasteiger partial charge in [0.1, 0.15) is 6.20 Å². The molecule has 0 amide bonds. The van der Waals surface area contributed by atoms with Crippen LogP contribution in [0.3, 0.4) is 0 Å². The molecule has 3 heteroatoms. The summed E-state index contributed by atoms with van der Waals surface area (Å²) in [6.07, 6.45) is 2.11. The van der Waals surface area contributed by atoms with Gasteiger partial charge in [-0.2, -0.15) is 0 Å². The van der Waals surface area contributed by atoms with Crippen LogP contribution in [0.4, 0.5) is 5.69 Å². The number of nitrogens with zero attached hydrogens (tertiary/aromatic N) is 1. The Balaban J connectivity index is 2.50. The molecule has 1 aliphatic rings. The summed E-state index contributed by atoms with van der Waals surface area (Å²) in [5.41, 5.74) is 3.21. The van der Waals surface area contributed by atoms with E-state index in [1.54, 1.807) is 7.11 Å². The molecule has 1 aromatic carbocycles. The standard InChI is InChI=1S/C12H14N2O/c1-14(2)8-10-9-6-4-5-7-11(9)13-12(10)15-3/h4-8H,1-3H3/p+1/b10-8-. The van der Waals surface area contributed by atoms with E-state index in [2.05, 4.69) is 31.4 Å². The topological polar surface area (TPSA) is 26.0 Å². The second-order valence-electron chi connectivity index (χ2n) is 3.77. The minimum atomic E-state index is 0.706. The van der Waals surface area contributed by atoms with Crippen LogP contribution in [-0.4, -0.2) is 27.1 Å². The molecule has 0 spiro atoms. The Kier molecular flexibility index (Phi) is 2.56. The first-order valence-corrected chi connectivity index (χ1v) is 4.96. The number of methoxy groups -OCH3 is 1. The van der Waals surface area contributed by atoms with Gasteiger partial charge in [-0.25, -0.2) is 4.99 Å². The molecule has 0 saturated heterocycles. The summed E-state index contributed by atoms with van der Waals surface area (Å²) in [5.74, 6) is 0.706. The van der Waals surface area contributed by atoms with Gasteiger partial charge in [-0.1, -0.05) is 18.2 Å². The van der Waals surface area contributed by atoms with Gasteiger partial charge in [0.15, 0.2) is 0 Å². The maximum atomic E-state index is 5.28. The van der Waals surface area contributed by atoms with Crippen molar-refractivity contribution in [3.63, 3.8) is 0 Å². The van der Waals surface area contributed by atoms with Crippen molar-refractivity contribution in [2.75, 3.05) is 21.2 Å². The number of para-hydroxylation sites is 1. The van der Waals surface area contributed by atoms with Crippen molar-refractivity contribution >= 4 is 17.2 Å². The number of nitrogens with one attached hydrogen (secondary N) is 1. The zero-order chi connectivity index (χ0) is 10.8. The van der Waals surface area contributed by atoms with E-state index in [-0.39, 0.29) is 0 Å². The van der Waals surface area contributed by atoms with Crippen LogP contribution in [-0.2, 0) is 4.74 Å². The highest BCUT2D eigenvalue weighted by atomic mass is 16.5. The van der Waals surface area contributed by atoms with E-state index in [1.165, 1.54) is 4.90 Å². The van der Waals surface area contributed by atoms with E-state index in [0.717, 1.165) is 16.8 Å². The van der Waals surface area contributed by atoms with E-state index in [1.807, 2.05) is 18.2 Å². The zero-order valence-electron chi connectivity index (χ0n) is 9.24. The number of rotatable bonds is 1. The maximum absolute atomic E-state index is 5.28. The Hall–Kier alpha value is -1.61. The molecule has 1 heterocycles. The lowest BCUT2D eigenvalue weighted by Gasteiger charge is -2.04. The average molecular weight is 203 g/mol. The van der Waals surface area contributed by atoms with Gasteiger partial charge >= 0.3 is 0 Å². The molecular formula is C12H15N2O+. The summed E-state index contributed by atoms with van der Waals surface area (Å²) >= 11 is 0. The van der Waals surface area contributed by atoms with Crippen molar-refractivity contribution in [1.82, 2.24) is 0 Å². The third-order valence-corrected chi connectivity index (χ3v) is 2.27. The molecule has 1 aromatic rings. The minimum absolute atomic E-state index is 0.706. The smallest absolute Gasteiger partial charge is 0.227 e. The van der Waals surface area contributed by atoms with Crippen molar-refractivity contribution in [1.29, 1.82) is 0 Å². The fourth-order valence-electron chi connectivity index (χ4n) is 1.67. The normalized spacial score (nSPS) is 16.8. The molecular weight excluding hydrogens is 188 g/mol. The predicted octanol–water partition coefficient (Wildman–Crippen LogP) is 0.862. The molecule has 0 aliphatic carbocycles. The molecule has 15 heavy (non-hydrogen) atoms. The number of aliphatic imine (C=N–C) groups is 1. The van der Waals surface area contributed by atoms with Gasteiger partial charge in [0.25, 0.3) is 0 Å². The molecule has 0 radical (unpaired) electrons. The third-order valence-electron chi connectivity index (χ3n) is 2.27. The van der Waals surface area contributed by atoms with Gasteiger partial charge in [0, 0.05) is 5.56 Å². The Morgan fingerprint density at radius 2 is 2.00 bits per heavy atom. The van der Waals surface area contributed by atoms with Crippen molar-refractivity contribution in [3.8, 4) is 0 Å². The Morgan fingerprint density at radius 1 is 1.27 bits per heavy atom. The molecule has 0 aromatic heterocycles. The lowest BCUT2D eigenvalue weighted by atomic mass is 10.1. The minimum Gasteiger partial charge on any atom is -0.480 e. The molecule has 0 unspecified atom stereocenters. The number of ether oxygens (including phenoxy) is 1. The van der Waals surface area contributed by atoms with Crippen LogP contribution in [0, 0.1) is 0 Å². The highest BCUT2D eigenvalue weighted by Crippen LogP contribution is 2.33. The Labute approximate surface area is 89.7 Å². The monoisotopic (exact) mass is 203 g/mol. The van der Waals surface area contributed by atoms with Crippen molar-refractivity contribution in [3.05, 3.63) is 36.0 Å². The van der Waals surface area contributed by atoms with E-state index >= 15 is 0 Å². The highest BCUT2D eigenvalue weighted by Gasteiger charge is 2.22. The van der Waals surface area contributed by atoms with Gasteiger partial charge < -0.3 is 9.64 Å². The molecule has 3 nitrogen and oxygen atoms in total. The lowest BCUT2D eigenvalue weighted by Crippen LogP contribution is -3.00. The highest BCUT2D eigenvalue weighted by molar-refractivity contribution is 6.24. The third kappa shape index (κ3) is 1.78. The summed E-state index contributed by atoms with van der Waals surface area (Å²) in [5, 5.41) is 0. The predicted molar refractivity (Wildman–Crippen MR) is 61.3 cm³/mol. The Morgan fingerprint density at radius 3 is 2.67 bits per heavy atom. The summed E-state index contributed by atoms with van der Waals surface area (Å²) in [6, 6.07) is 8.08. The first-order chi connectivity index (χ1) is 7.22. The fourth-order valence-corrected chi connectivity index (χ4v) is 1.67. The largest absolute Gasteiger partial charge is 0.480 e. The van der Waals surface area contributed by atoms with Crippen LogP contribution in [0.5, 0.6) is 0 Å². The molecule has 78 valence electrons. The molecule has 2 rings (SSSR count). The molecule has 1 N–H and O–H groups in total. The molecule has 0 saturated carbocycles. The van der Waals surface area contributed by atoms with Gasteiger partial charge in [-0.15, -0.1) is 0 Å². The van der Waals surface area contributed by atoms with Crippen molar-refractivity contribution in [2.45, 2.75) is 0 Å². The fraction of sp³-hybridized carbons (Fsp3) is 0.250. The van der Waals surface area contributed by atoms with E-state index in [9.17, 15) is 0 Å². The van der Waals surface area contributed by atoms with Gasteiger partial charge in [0.2, 0.25) is 5.90 Å². The zero-order valence-corrected chi connectivity index (χ0v) is 9.24. The Bertz CT molecular complexity index is 433. The first-order valence-electron chi connectivity index (χ1n) is 4.96. The van der Waals surface area contributed by atoms with Gasteiger partial charge in [0.05, 0.1) is 32.5 Å². The first kappa shape index (κ1) is 9.93. The van der Waals surface area contributed by atoms with Gasteiger partial charge in [-0.05, 0) is 6.07 Å². The quantitative estimate of drug-likeness (QED) is 0.720. The van der Waals surface area contributed by atoms with Crippen molar-refractivity contribution in [2.24, 2.45) is 4.99 Å². The van der Waals surface area contributed by atoms with Crippen LogP contribution in [0.2, 0.25) is 0 Å².